The van der Waals surface area contributed by atoms with Crippen molar-refractivity contribution >= 4 is 115 Å². The largest absolute Gasteiger partial charge is 0.308 e. The SMILES string of the molecule is CC(C)(C)c1cc2c3cc4ccccc4cc3n3c4nc5c6cc(C(C)(C)C)cc7c8c9ccccc9cc(N(c9ccccc9)c9ccccc9)c8n(c5nc4c(c1)c23)c67. The van der Waals surface area contributed by atoms with Gasteiger partial charge in [0.2, 0.25) is 0 Å². The second kappa shape index (κ2) is 11.7. The van der Waals surface area contributed by atoms with Crippen molar-refractivity contribution in [2.45, 2.75) is 52.4 Å². The minimum absolute atomic E-state index is 0.0699. The van der Waals surface area contributed by atoms with Crippen LogP contribution >= 0.6 is 0 Å². The summed E-state index contributed by atoms with van der Waals surface area (Å²) in [5.74, 6) is 0. The Morgan fingerprint density at radius 3 is 1.51 bits per heavy atom. The average Bonchev–Trinajstić information content (AvgIpc) is 3.98. The van der Waals surface area contributed by atoms with Crippen molar-refractivity contribution in [3.63, 3.8) is 0 Å². The first-order chi connectivity index (χ1) is 29.5. The molecule has 5 heterocycles. The Morgan fingerprint density at radius 2 is 0.902 bits per heavy atom. The molecular weight excluding hydrogens is 743 g/mol. The Labute approximate surface area is 352 Å². The van der Waals surface area contributed by atoms with E-state index in [1.54, 1.807) is 0 Å². The van der Waals surface area contributed by atoms with Crippen LogP contribution in [0.3, 0.4) is 0 Å². The van der Waals surface area contributed by atoms with Crippen LogP contribution < -0.4 is 4.90 Å². The Morgan fingerprint density at radius 1 is 0.410 bits per heavy atom. The summed E-state index contributed by atoms with van der Waals surface area (Å²) in [5, 5.41) is 12.1. The predicted molar refractivity (Wildman–Crippen MR) is 258 cm³/mol. The summed E-state index contributed by atoms with van der Waals surface area (Å²) in [4.78, 5) is 14.1. The third kappa shape index (κ3) is 4.66. The minimum atomic E-state index is -0.108. The van der Waals surface area contributed by atoms with Gasteiger partial charge in [-0.2, -0.15) is 0 Å². The number of para-hydroxylation sites is 2. The van der Waals surface area contributed by atoms with E-state index in [1.807, 2.05) is 0 Å². The van der Waals surface area contributed by atoms with Crippen LogP contribution in [0, 0.1) is 0 Å². The summed E-state index contributed by atoms with van der Waals surface area (Å²) >= 11 is 0. The van der Waals surface area contributed by atoms with Gasteiger partial charge in [0.05, 0.1) is 27.8 Å². The highest BCUT2D eigenvalue weighted by molar-refractivity contribution is 6.32. The highest BCUT2D eigenvalue weighted by Gasteiger charge is 2.31. The first-order valence-corrected chi connectivity index (χ1v) is 21.4. The van der Waals surface area contributed by atoms with Crippen molar-refractivity contribution in [3.05, 3.63) is 163 Å². The van der Waals surface area contributed by atoms with E-state index in [9.17, 15) is 0 Å². The summed E-state index contributed by atoms with van der Waals surface area (Å²) in [5.41, 5.74) is 14.0. The summed E-state index contributed by atoms with van der Waals surface area (Å²) < 4.78 is 4.86. The van der Waals surface area contributed by atoms with Crippen LogP contribution in [0.4, 0.5) is 17.1 Å². The number of benzene rings is 8. The first kappa shape index (κ1) is 34.6. The maximum absolute atomic E-state index is 5.88. The molecule has 0 radical (unpaired) electrons. The molecule has 61 heavy (non-hydrogen) atoms. The zero-order valence-corrected chi connectivity index (χ0v) is 35.2. The first-order valence-electron chi connectivity index (χ1n) is 21.4. The highest BCUT2D eigenvalue weighted by atomic mass is 15.2. The molecule has 5 nitrogen and oxygen atoms in total. The molecule has 0 saturated heterocycles. The fraction of sp³-hybridized carbons (Fsp3) is 0.143. The number of hydrogen-bond acceptors (Lipinski definition) is 3. The van der Waals surface area contributed by atoms with Crippen LogP contribution in [0.25, 0.3) is 98.3 Å². The third-order valence-corrected chi connectivity index (χ3v) is 13.4. The molecule has 0 N–H and O–H groups in total. The molecule has 0 amide bonds. The van der Waals surface area contributed by atoms with Crippen LogP contribution in [0.5, 0.6) is 0 Å². The maximum atomic E-state index is 5.88. The van der Waals surface area contributed by atoms with Gasteiger partial charge in [0.25, 0.3) is 0 Å². The van der Waals surface area contributed by atoms with Gasteiger partial charge in [-0.05, 0) is 110 Å². The average molecular weight is 786 g/mol. The highest BCUT2D eigenvalue weighted by Crippen LogP contribution is 2.50. The Kier molecular flexibility index (Phi) is 6.66. The van der Waals surface area contributed by atoms with E-state index >= 15 is 0 Å². The molecule has 0 aliphatic rings. The van der Waals surface area contributed by atoms with Gasteiger partial charge in [-0.15, -0.1) is 0 Å². The standard InChI is InChI=1S/C56H43N5/c1-55(2,3)35-28-41-40-25-32-17-13-14-18-33(32)26-45(40)60-50(41)43(30-35)48-53(60)57-49-44-31-36(56(4,5)6)29-42-47-39-24-16-15-19-34(39)27-46(52(47)61(51(42)44)54(49)58-48)59(37-20-9-7-10-21-37)38-22-11-8-12-23-38/h7-31H,1-6H3. The van der Waals surface area contributed by atoms with Crippen LogP contribution in [0.15, 0.2) is 152 Å². The number of nitrogens with zero attached hydrogens (tertiary/aromatic N) is 5. The van der Waals surface area contributed by atoms with Crippen LogP contribution in [0.1, 0.15) is 52.7 Å². The second-order valence-corrected chi connectivity index (χ2v) is 19.1. The van der Waals surface area contributed by atoms with Crippen molar-refractivity contribution in [1.82, 2.24) is 18.8 Å². The lowest BCUT2D eigenvalue weighted by Crippen LogP contribution is -2.11. The van der Waals surface area contributed by atoms with E-state index in [0.717, 1.165) is 61.2 Å². The van der Waals surface area contributed by atoms with E-state index in [4.69, 9.17) is 9.97 Å². The van der Waals surface area contributed by atoms with E-state index in [-0.39, 0.29) is 10.8 Å². The smallest absolute Gasteiger partial charge is 0.165 e. The normalized spacial score (nSPS) is 13.1. The summed E-state index contributed by atoms with van der Waals surface area (Å²) in [6.45, 7) is 13.9. The van der Waals surface area contributed by atoms with Gasteiger partial charge in [-0.3, -0.25) is 8.80 Å². The van der Waals surface area contributed by atoms with Crippen molar-refractivity contribution in [2.24, 2.45) is 0 Å². The van der Waals surface area contributed by atoms with Crippen molar-refractivity contribution in [3.8, 4) is 0 Å². The molecule has 0 spiro atoms. The Hall–Kier alpha value is -7.24. The second-order valence-electron chi connectivity index (χ2n) is 19.1. The van der Waals surface area contributed by atoms with Gasteiger partial charge in [-0.25, -0.2) is 9.97 Å². The fourth-order valence-electron chi connectivity index (χ4n) is 10.3. The Bertz CT molecular complexity index is 3900. The van der Waals surface area contributed by atoms with Crippen molar-refractivity contribution < 1.29 is 0 Å². The van der Waals surface area contributed by atoms with E-state index in [1.165, 1.54) is 65.3 Å². The van der Waals surface area contributed by atoms with Crippen LogP contribution in [-0.4, -0.2) is 18.8 Å². The lowest BCUT2D eigenvalue weighted by molar-refractivity contribution is 0.591. The zero-order valence-electron chi connectivity index (χ0n) is 35.2. The van der Waals surface area contributed by atoms with Gasteiger partial charge >= 0.3 is 0 Å². The van der Waals surface area contributed by atoms with E-state index in [2.05, 4.69) is 207 Å². The predicted octanol–water partition coefficient (Wildman–Crippen LogP) is 15.1. The molecule has 0 unspecified atom stereocenters. The van der Waals surface area contributed by atoms with Gasteiger partial charge in [0.15, 0.2) is 11.3 Å². The minimum Gasteiger partial charge on any atom is -0.308 e. The van der Waals surface area contributed by atoms with Gasteiger partial charge in [0.1, 0.15) is 11.0 Å². The van der Waals surface area contributed by atoms with Crippen LogP contribution in [-0.2, 0) is 10.8 Å². The number of aromatic nitrogens is 4. The molecule has 8 aromatic carbocycles. The molecule has 13 aromatic rings. The number of anilines is 3. The third-order valence-electron chi connectivity index (χ3n) is 13.4. The molecule has 13 rings (SSSR count). The lowest BCUT2D eigenvalue weighted by atomic mass is 9.85. The van der Waals surface area contributed by atoms with E-state index in [0.29, 0.717) is 0 Å². The molecule has 0 bridgehead atoms. The van der Waals surface area contributed by atoms with Crippen molar-refractivity contribution in [1.29, 1.82) is 0 Å². The fourth-order valence-corrected chi connectivity index (χ4v) is 10.3. The van der Waals surface area contributed by atoms with Gasteiger partial charge in [0, 0.05) is 43.7 Å². The molecule has 0 fully saturated rings. The van der Waals surface area contributed by atoms with Crippen molar-refractivity contribution in [2.75, 3.05) is 4.90 Å². The summed E-state index contributed by atoms with van der Waals surface area (Å²) in [6, 6.07) is 55.9. The van der Waals surface area contributed by atoms with Gasteiger partial charge in [-0.1, -0.05) is 126 Å². The quantitative estimate of drug-likeness (QED) is 0.179. The monoisotopic (exact) mass is 785 g/mol. The van der Waals surface area contributed by atoms with E-state index < -0.39 is 0 Å². The van der Waals surface area contributed by atoms with Crippen LogP contribution in [0.2, 0.25) is 0 Å². The molecule has 0 aliphatic heterocycles. The zero-order chi connectivity index (χ0) is 41.1. The molecule has 0 atom stereocenters. The molecule has 5 aromatic heterocycles. The number of rotatable bonds is 3. The maximum Gasteiger partial charge on any atom is 0.165 e. The topological polar surface area (TPSA) is 37.8 Å². The molecule has 5 heteroatoms. The Balaban J connectivity index is 1.28. The molecule has 0 aliphatic carbocycles. The lowest BCUT2D eigenvalue weighted by Gasteiger charge is -2.27. The molecule has 292 valence electrons. The molecular formula is C56H43N5. The number of hydrogen-bond donors (Lipinski definition) is 0. The summed E-state index contributed by atoms with van der Waals surface area (Å²) in [6.07, 6.45) is 0. The summed E-state index contributed by atoms with van der Waals surface area (Å²) in [7, 11) is 0. The molecule has 0 saturated carbocycles. The van der Waals surface area contributed by atoms with Gasteiger partial charge < -0.3 is 4.90 Å². The number of fused-ring (bicyclic) bond motifs is 15.